The van der Waals surface area contributed by atoms with Gasteiger partial charge in [0.25, 0.3) is 0 Å². The quantitative estimate of drug-likeness (QED) is 0.828. The molecule has 1 N–H and O–H groups in total. The van der Waals surface area contributed by atoms with Gasteiger partial charge in [-0.05, 0) is 34.6 Å². The molecule has 0 aliphatic heterocycles. The summed E-state index contributed by atoms with van der Waals surface area (Å²) in [6, 6.07) is 3.73. The van der Waals surface area contributed by atoms with E-state index in [2.05, 4.69) is 21.2 Å². The Balaban J connectivity index is 2.53. The van der Waals surface area contributed by atoms with E-state index in [1.54, 1.807) is 0 Å². The van der Waals surface area contributed by atoms with Crippen LogP contribution in [0.25, 0.3) is 0 Å². The van der Waals surface area contributed by atoms with Gasteiger partial charge in [0, 0.05) is 0 Å². The molecule has 1 heterocycles. The molecule has 0 radical (unpaired) electrons. The van der Waals surface area contributed by atoms with Gasteiger partial charge in [-0.2, -0.15) is 0 Å². The van der Waals surface area contributed by atoms with E-state index in [0.717, 1.165) is 15.2 Å². The number of rotatable bonds is 4. The lowest BCUT2D eigenvalue weighted by molar-refractivity contribution is 0.0995. The maximum Gasteiger partial charge on any atom is 0.186 e. The highest BCUT2D eigenvalue weighted by atomic mass is 79.9. The van der Waals surface area contributed by atoms with Crippen molar-refractivity contribution in [1.82, 2.24) is 5.32 Å². The van der Waals surface area contributed by atoms with Crippen LogP contribution in [0.15, 0.2) is 15.9 Å². The Morgan fingerprint density at radius 1 is 1.67 bits per heavy atom. The number of carbonyl (C=O) groups excluding carboxylic acids is 1. The molecular formula is C8H10BrNOS. The average molecular weight is 248 g/mol. The van der Waals surface area contributed by atoms with E-state index in [-0.39, 0.29) is 5.78 Å². The minimum atomic E-state index is 0.160. The van der Waals surface area contributed by atoms with E-state index in [4.69, 9.17) is 0 Å². The van der Waals surface area contributed by atoms with Crippen molar-refractivity contribution < 1.29 is 4.79 Å². The molecule has 2 nitrogen and oxygen atoms in total. The van der Waals surface area contributed by atoms with Crippen molar-refractivity contribution in [2.45, 2.75) is 6.92 Å². The van der Waals surface area contributed by atoms with E-state index >= 15 is 0 Å². The minimum absolute atomic E-state index is 0.160. The zero-order valence-electron chi connectivity index (χ0n) is 6.76. The van der Waals surface area contributed by atoms with Gasteiger partial charge >= 0.3 is 0 Å². The number of nitrogens with one attached hydrogen (secondary N) is 1. The Kier molecular flexibility index (Phi) is 3.91. The van der Waals surface area contributed by atoms with Gasteiger partial charge in [-0.25, -0.2) is 0 Å². The number of likely N-dealkylation sites (N-methyl/N-ethyl adjacent to an activating group) is 1. The van der Waals surface area contributed by atoms with E-state index in [0.29, 0.717) is 6.54 Å². The number of carbonyl (C=O) groups is 1. The first-order valence-corrected chi connectivity index (χ1v) is 5.34. The summed E-state index contributed by atoms with van der Waals surface area (Å²) in [5.41, 5.74) is 0. The second-order valence-corrected chi connectivity index (χ2v) is 4.77. The van der Waals surface area contributed by atoms with Gasteiger partial charge < -0.3 is 5.32 Å². The molecule has 0 atom stereocenters. The van der Waals surface area contributed by atoms with Crippen molar-refractivity contribution in [3.05, 3.63) is 20.8 Å². The molecule has 1 aromatic rings. The summed E-state index contributed by atoms with van der Waals surface area (Å²) in [5, 5.41) is 3.00. The number of hydrogen-bond acceptors (Lipinski definition) is 3. The first kappa shape index (κ1) is 9.89. The van der Waals surface area contributed by atoms with E-state index < -0.39 is 0 Å². The lowest BCUT2D eigenvalue weighted by atomic mass is 10.3. The van der Waals surface area contributed by atoms with E-state index in [1.807, 2.05) is 19.1 Å². The highest BCUT2D eigenvalue weighted by Crippen LogP contribution is 2.21. The van der Waals surface area contributed by atoms with Crippen molar-refractivity contribution in [2.24, 2.45) is 0 Å². The van der Waals surface area contributed by atoms with Gasteiger partial charge in [0.2, 0.25) is 0 Å². The van der Waals surface area contributed by atoms with Crippen LogP contribution in [0.3, 0.4) is 0 Å². The van der Waals surface area contributed by atoms with Crippen LogP contribution in [-0.4, -0.2) is 18.9 Å². The van der Waals surface area contributed by atoms with Crippen LogP contribution in [0.2, 0.25) is 0 Å². The Bertz CT molecular complexity index is 272. The molecule has 0 unspecified atom stereocenters. The molecule has 0 saturated heterocycles. The monoisotopic (exact) mass is 247 g/mol. The maximum absolute atomic E-state index is 11.3. The first-order chi connectivity index (χ1) is 5.74. The van der Waals surface area contributed by atoms with Crippen molar-refractivity contribution >= 4 is 33.0 Å². The molecule has 66 valence electrons. The Morgan fingerprint density at radius 2 is 2.42 bits per heavy atom. The number of thiophene rings is 1. The highest BCUT2D eigenvalue weighted by Gasteiger charge is 2.06. The van der Waals surface area contributed by atoms with Crippen LogP contribution in [0, 0.1) is 0 Å². The molecule has 0 spiro atoms. The van der Waals surface area contributed by atoms with Gasteiger partial charge in [0.1, 0.15) is 0 Å². The largest absolute Gasteiger partial charge is 0.310 e. The van der Waals surface area contributed by atoms with Crippen LogP contribution < -0.4 is 5.32 Å². The predicted octanol–water partition coefficient (Wildman–Crippen LogP) is 2.30. The van der Waals surface area contributed by atoms with Crippen molar-refractivity contribution in [3.8, 4) is 0 Å². The van der Waals surface area contributed by atoms with Gasteiger partial charge in [-0.15, -0.1) is 11.3 Å². The molecule has 1 rings (SSSR count). The molecule has 0 aliphatic rings. The molecule has 0 amide bonds. The summed E-state index contributed by atoms with van der Waals surface area (Å²) in [6.07, 6.45) is 0. The summed E-state index contributed by atoms with van der Waals surface area (Å²) in [7, 11) is 0. The van der Waals surface area contributed by atoms with Crippen LogP contribution in [0.5, 0.6) is 0 Å². The first-order valence-electron chi connectivity index (χ1n) is 3.73. The number of hydrogen-bond donors (Lipinski definition) is 1. The molecule has 0 bridgehead atoms. The van der Waals surface area contributed by atoms with Crippen molar-refractivity contribution in [2.75, 3.05) is 13.1 Å². The molecule has 4 heteroatoms. The second-order valence-electron chi connectivity index (χ2n) is 2.31. The molecular weight excluding hydrogens is 238 g/mol. The Labute approximate surface area is 84.1 Å². The van der Waals surface area contributed by atoms with Crippen molar-refractivity contribution in [3.63, 3.8) is 0 Å². The van der Waals surface area contributed by atoms with Gasteiger partial charge in [0.15, 0.2) is 5.78 Å². The standard InChI is InChI=1S/C8H10BrNOS/c1-2-10-5-6(11)7-3-4-8(9)12-7/h3-4,10H,2,5H2,1H3. The van der Waals surface area contributed by atoms with E-state index in [9.17, 15) is 4.79 Å². The Morgan fingerprint density at radius 3 is 2.92 bits per heavy atom. The Hall–Kier alpha value is -0.190. The molecule has 0 saturated carbocycles. The summed E-state index contributed by atoms with van der Waals surface area (Å²) >= 11 is 4.79. The third kappa shape index (κ3) is 2.69. The number of Topliss-reactive ketones (excluding diaryl/α,β-unsaturated/α-hetero) is 1. The van der Waals surface area contributed by atoms with Gasteiger partial charge in [-0.3, -0.25) is 4.79 Å². The summed E-state index contributed by atoms with van der Waals surface area (Å²) < 4.78 is 1.00. The molecule has 12 heavy (non-hydrogen) atoms. The topological polar surface area (TPSA) is 29.1 Å². The lowest BCUT2D eigenvalue weighted by Gasteiger charge is -1.96. The number of halogens is 1. The average Bonchev–Trinajstić information content (AvgIpc) is 2.47. The molecule has 0 aromatic carbocycles. The summed E-state index contributed by atoms with van der Waals surface area (Å²) in [6.45, 7) is 3.25. The van der Waals surface area contributed by atoms with Crippen molar-refractivity contribution in [1.29, 1.82) is 0 Å². The SMILES string of the molecule is CCNCC(=O)c1ccc(Br)s1. The predicted molar refractivity (Wildman–Crippen MR) is 54.9 cm³/mol. The maximum atomic E-state index is 11.3. The fraction of sp³-hybridized carbons (Fsp3) is 0.375. The zero-order valence-corrected chi connectivity index (χ0v) is 9.17. The highest BCUT2D eigenvalue weighted by molar-refractivity contribution is 9.11. The minimum Gasteiger partial charge on any atom is -0.310 e. The third-order valence-corrected chi connectivity index (χ3v) is 3.05. The van der Waals surface area contributed by atoms with Crippen LogP contribution in [0.4, 0.5) is 0 Å². The summed E-state index contributed by atoms with van der Waals surface area (Å²) in [4.78, 5) is 12.2. The van der Waals surface area contributed by atoms with Gasteiger partial charge in [-0.1, -0.05) is 6.92 Å². The molecule has 0 aliphatic carbocycles. The van der Waals surface area contributed by atoms with Crippen LogP contribution >= 0.6 is 27.3 Å². The molecule has 1 aromatic heterocycles. The zero-order chi connectivity index (χ0) is 8.97. The number of ketones is 1. The fourth-order valence-corrected chi connectivity index (χ4v) is 2.11. The molecule has 0 fully saturated rings. The van der Waals surface area contributed by atoms with Crippen LogP contribution in [0.1, 0.15) is 16.6 Å². The fourth-order valence-electron chi connectivity index (χ4n) is 0.790. The lowest BCUT2D eigenvalue weighted by Crippen LogP contribution is -2.21. The van der Waals surface area contributed by atoms with Gasteiger partial charge in [0.05, 0.1) is 15.2 Å². The van der Waals surface area contributed by atoms with Crippen LogP contribution in [-0.2, 0) is 0 Å². The van der Waals surface area contributed by atoms with E-state index in [1.165, 1.54) is 11.3 Å². The smallest absolute Gasteiger partial charge is 0.186 e. The normalized spacial score (nSPS) is 10.2. The third-order valence-electron chi connectivity index (χ3n) is 1.38. The summed E-state index contributed by atoms with van der Waals surface area (Å²) in [5.74, 6) is 0.160. The second kappa shape index (κ2) is 4.74.